The Labute approximate surface area is 254 Å². The molecule has 0 bridgehead atoms. The van der Waals surface area contributed by atoms with Crippen molar-refractivity contribution < 1.29 is 23.0 Å². The van der Waals surface area contributed by atoms with E-state index in [2.05, 4.69) is 14.9 Å². The van der Waals surface area contributed by atoms with Crippen LogP contribution in [0.2, 0.25) is 0 Å². The molecule has 0 amide bonds. The van der Waals surface area contributed by atoms with Gasteiger partial charge < -0.3 is 20.5 Å². The van der Waals surface area contributed by atoms with Crippen LogP contribution in [-0.4, -0.2) is 75.0 Å². The summed E-state index contributed by atoms with van der Waals surface area (Å²) in [4.78, 5) is 18.0. The number of hydrogen-bond donors (Lipinski definition) is 2. The Hall–Kier alpha value is -3.70. The van der Waals surface area contributed by atoms with Crippen molar-refractivity contribution in [2.75, 3.05) is 37.7 Å². The third kappa shape index (κ3) is 4.90. The van der Waals surface area contributed by atoms with Crippen LogP contribution in [0, 0.1) is 11.6 Å². The second-order valence-corrected chi connectivity index (χ2v) is 13.0. The summed E-state index contributed by atoms with van der Waals surface area (Å²) < 4.78 is 52.3. The molecular formula is C33H37F3N6O2. The molecule has 3 aliphatic heterocycles. The van der Waals surface area contributed by atoms with Crippen molar-refractivity contribution in [1.82, 2.24) is 19.9 Å². The molecule has 11 heteroatoms. The molecule has 0 aliphatic carbocycles. The van der Waals surface area contributed by atoms with Gasteiger partial charge in [0.15, 0.2) is 5.82 Å². The highest BCUT2D eigenvalue weighted by Crippen LogP contribution is 2.42. The number of nitrogens with two attached hydrogens (primary N) is 1. The summed E-state index contributed by atoms with van der Waals surface area (Å²) in [6.07, 6.45) is 4.82. The molecule has 0 radical (unpaired) electrons. The highest BCUT2D eigenvalue weighted by Gasteiger charge is 2.49. The number of anilines is 1. The van der Waals surface area contributed by atoms with E-state index < -0.39 is 28.9 Å². The Morgan fingerprint density at radius 1 is 1.14 bits per heavy atom. The predicted octanol–water partition coefficient (Wildman–Crippen LogP) is 5.66. The number of hydrogen-bond acceptors (Lipinski definition) is 8. The molecule has 2 aromatic carbocycles. The standard InChI is InChI=1S/C33H37F3N6O2/c1-3-22-25(35)7-6-19-12-21(43)13-23(26(19)22)28-27(36)29-24(15-38-28)30(41-10-4-8-32(2,37)17-41)40-31(39-29)44-18-33-9-5-11-42(33)16-20(34)14-33/h6-7,12-13,15,20,43H,3-5,8-11,14,16-18,37H2,1-2H3/t20-,32+,33+/m0/s1. The number of rotatable bonds is 6. The van der Waals surface area contributed by atoms with Crippen molar-refractivity contribution in [3.05, 3.63) is 47.7 Å². The zero-order chi connectivity index (χ0) is 30.8. The molecule has 8 nitrogen and oxygen atoms in total. The lowest BCUT2D eigenvalue weighted by Gasteiger charge is -2.39. The van der Waals surface area contributed by atoms with Crippen molar-refractivity contribution in [2.24, 2.45) is 5.73 Å². The van der Waals surface area contributed by atoms with E-state index in [9.17, 15) is 13.9 Å². The molecule has 44 heavy (non-hydrogen) atoms. The first-order valence-electron chi connectivity index (χ1n) is 15.4. The maximum atomic E-state index is 16.8. The molecule has 0 spiro atoms. The van der Waals surface area contributed by atoms with Gasteiger partial charge in [0.05, 0.1) is 10.9 Å². The van der Waals surface area contributed by atoms with Crippen molar-refractivity contribution >= 4 is 27.5 Å². The van der Waals surface area contributed by atoms with E-state index in [1.54, 1.807) is 6.07 Å². The Morgan fingerprint density at radius 2 is 1.95 bits per heavy atom. The van der Waals surface area contributed by atoms with Crippen molar-refractivity contribution in [1.29, 1.82) is 0 Å². The molecular weight excluding hydrogens is 569 g/mol. The van der Waals surface area contributed by atoms with E-state index in [-0.39, 0.29) is 35.1 Å². The minimum Gasteiger partial charge on any atom is -0.508 e. The molecule has 3 saturated heterocycles. The Morgan fingerprint density at radius 3 is 2.75 bits per heavy atom. The molecule has 7 rings (SSSR count). The first-order chi connectivity index (χ1) is 21.1. The van der Waals surface area contributed by atoms with Gasteiger partial charge in [0.1, 0.15) is 41.4 Å². The molecule has 232 valence electrons. The maximum absolute atomic E-state index is 16.8. The summed E-state index contributed by atoms with van der Waals surface area (Å²) in [5.74, 6) is -0.761. The van der Waals surface area contributed by atoms with Crippen molar-refractivity contribution in [3.8, 4) is 23.0 Å². The summed E-state index contributed by atoms with van der Waals surface area (Å²) in [5, 5.41) is 12.0. The third-order valence-electron chi connectivity index (χ3n) is 9.66. The molecule has 2 aromatic heterocycles. The van der Waals surface area contributed by atoms with Gasteiger partial charge in [-0.1, -0.05) is 13.0 Å². The van der Waals surface area contributed by atoms with Gasteiger partial charge in [0.25, 0.3) is 0 Å². The number of benzene rings is 2. The van der Waals surface area contributed by atoms with Crippen LogP contribution in [0.25, 0.3) is 32.9 Å². The summed E-state index contributed by atoms with van der Waals surface area (Å²) in [6, 6.07) is 5.84. The van der Waals surface area contributed by atoms with Crippen molar-refractivity contribution in [3.63, 3.8) is 0 Å². The second kappa shape index (κ2) is 10.7. The molecule has 0 saturated carbocycles. The molecule has 4 aromatic rings. The lowest BCUT2D eigenvalue weighted by atomic mass is 9.92. The van der Waals surface area contributed by atoms with Gasteiger partial charge in [-0.25, -0.2) is 13.2 Å². The lowest BCUT2D eigenvalue weighted by Crippen LogP contribution is -2.52. The molecule has 3 fully saturated rings. The van der Waals surface area contributed by atoms with E-state index in [1.807, 2.05) is 18.7 Å². The number of piperidine rings is 1. The number of aromatic hydroxyl groups is 1. The summed E-state index contributed by atoms with van der Waals surface area (Å²) in [6.45, 7) is 6.37. The summed E-state index contributed by atoms with van der Waals surface area (Å²) >= 11 is 0. The quantitative estimate of drug-likeness (QED) is 0.290. The van der Waals surface area contributed by atoms with Crippen molar-refractivity contribution in [2.45, 2.75) is 69.6 Å². The monoisotopic (exact) mass is 606 g/mol. The van der Waals surface area contributed by atoms with E-state index in [4.69, 9.17) is 15.5 Å². The van der Waals surface area contributed by atoms with Gasteiger partial charge >= 0.3 is 6.01 Å². The van der Waals surface area contributed by atoms with Gasteiger partial charge in [-0.05, 0) is 80.1 Å². The van der Waals surface area contributed by atoms with E-state index in [0.717, 1.165) is 32.2 Å². The highest BCUT2D eigenvalue weighted by atomic mass is 19.1. The second-order valence-electron chi connectivity index (χ2n) is 13.0. The summed E-state index contributed by atoms with van der Waals surface area (Å²) in [7, 11) is 0. The first kappa shape index (κ1) is 29.0. The number of aromatic nitrogens is 3. The molecule has 3 aliphatic rings. The predicted molar refractivity (Wildman–Crippen MR) is 164 cm³/mol. The van der Waals surface area contributed by atoms with Crippen LogP contribution >= 0.6 is 0 Å². The van der Waals surface area contributed by atoms with Crippen LogP contribution in [0.1, 0.15) is 51.5 Å². The van der Waals surface area contributed by atoms with E-state index in [1.165, 1.54) is 24.4 Å². The number of phenolic OH excluding ortho intramolecular Hbond substituents is 1. The zero-order valence-electron chi connectivity index (χ0n) is 25.0. The maximum Gasteiger partial charge on any atom is 0.319 e. The van der Waals surface area contributed by atoms with E-state index in [0.29, 0.717) is 60.0 Å². The fraction of sp³-hybridized carbons (Fsp3) is 0.485. The number of ether oxygens (including phenoxy) is 1. The zero-order valence-corrected chi connectivity index (χ0v) is 25.0. The SMILES string of the molecule is CCc1c(F)ccc2cc(O)cc(-c3ncc4c(N5CCC[C@@](C)(N)C5)nc(OC[C@]56CCCN5C[C@@H](F)C6)nc4c3F)c12. The van der Waals surface area contributed by atoms with Crippen LogP contribution in [0.15, 0.2) is 30.5 Å². The van der Waals surface area contributed by atoms with Crippen LogP contribution in [-0.2, 0) is 6.42 Å². The Bertz CT molecular complexity index is 1770. The molecule has 3 N–H and O–H groups in total. The minimum atomic E-state index is -0.913. The molecule has 5 heterocycles. The Balaban J connectivity index is 1.38. The van der Waals surface area contributed by atoms with Gasteiger partial charge in [-0.3, -0.25) is 9.88 Å². The molecule has 3 atom stereocenters. The Kier molecular flexibility index (Phi) is 7.08. The summed E-state index contributed by atoms with van der Waals surface area (Å²) in [5.41, 5.74) is 6.26. The average Bonchev–Trinajstić information content (AvgIpc) is 3.51. The minimum absolute atomic E-state index is 0.000750. The molecule has 0 unspecified atom stereocenters. The van der Waals surface area contributed by atoms with Gasteiger partial charge in [0, 0.05) is 43.4 Å². The number of aryl methyl sites for hydroxylation is 1. The number of nitrogens with zero attached hydrogens (tertiary/aromatic N) is 5. The fourth-order valence-corrected chi connectivity index (χ4v) is 7.64. The number of pyridine rings is 1. The van der Waals surface area contributed by atoms with Gasteiger partial charge in [-0.15, -0.1) is 0 Å². The van der Waals surface area contributed by atoms with Crippen LogP contribution in [0.4, 0.5) is 19.0 Å². The van der Waals surface area contributed by atoms with Gasteiger partial charge in [0.2, 0.25) is 0 Å². The smallest absolute Gasteiger partial charge is 0.319 e. The number of fused-ring (bicyclic) bond motifs is 3. The topological polar surface area (TPSA) is 101 Å². The number of halogens is 3. The van der Waals surface area contributed by atoms with E-state index >= 15 is 4.39 Å². The average molecular weight is 607 g/mol. The first-order valence-corrected chi connectivity index (χ1v) is 15.4. The fourth-order valence-electron chi connectivity index (χ4n) is 7.64. The normalized spacial score (nSPS) is 25.7. The van der Waals surface area contributed by atoms with Crippen LogP contribution in [0.5, 0.6) is 11.8 Å². The van der Waals surface area contributed by atoms with Gasteiger partial charge in [-0.2, -0.15) is 9.97 Å². The third-order valence-corrected chi connectivity index (χ3v) is 9.66. The van der Waals surface area contributed by atoms with Crippen LogP contribution in [0.3, 0.4) is 0 Å². The largest absolute Gasteiger partial charge is 0.508 e. The lowest BCUT2D eigenvalue weighted by molar-refractivity contribution is 0.107. The number of phenols is 1. The van der Waals surface area contributed by atoms with Crippen LogP contribution < -0.4 is 15.4 Å². The highest BCUT2D eigenvalue weighted by molar-refractivity contribution is 6.01. The number of alkyl halides is 1.